The first-order valence-electron chi connectivity index (χ1n) is 13.0. The summed E-state index contributed by atoms with van der Waals surface area (Å²) >= 11 is 0. The van der Waals surface area contributed by atoms with Crippen LogP contribution in [0.4, 0.5) is 0 Å². The fourth-order valence-electron chi connectivity index (χ4n) is 4.18. The second-order valence-electron chi connectivity index (χ2n) is 9.70. The number of fused-ring (bicyclic) bond motifs is 10. The largest absolute Gasteiger partial charge is 0.483 e. The maximum atomic E-state index is 13.9. The SMILES string of the molecule is CC(C)/C=C/C(=O)N[C@H]1C(=O)N[C@@H](Cc2ccccc2)C(=O)N/C=C/c2ccc(cc2)O[C@H]1c1ccccc1. The van der Waals surface area contributed by atoms with Gasteiger partial charge in [-0.3, -0.25) is 14.4 Å². The number of carbonyl (C=O) groups excluding carboxylic acids is 3. The lowest BCUT2D eigenvalue weighted by Crippen LogP contribution is -2.56. The second-order valence-corrected chi connectivity index (χ2v) is 9.70. The average Bonchev–Trinajstić information content (AvgIpc) is 2.94. The molecule has 0 radical (unpaired) electrons. The molecule has 0 unspecified atom stereocenters. The normalized spacial score (nSPS) is 20.5. The third kappa shape index (κ3) is 7.92. The van der Waals surface area contributed by atoms with Gasteiger partial charge in [0.25, 0.3) is 0 Å². The average molecular weight is 524 g/mol. The molecule has 3 aromatic carbocycles. The van der Waals surface area contributed by atoms with E-state index in [1.807, 2.05) is 86.6 Å². The number of amides is 3. The van der Waals surface area contributed by atoms with Gasteiger partial charge in [0.2, 0.25) is 17.7 Å². The molecule has 3 aromatic rings. The molecule has 7 heteroatoms. The molecule has 39 heavy (non-hydrogen) atoms. The molecule has 2 aliphatic heterocycles. The molecule has 7 nitrogen and oxygen atoms in total. The first kappa shape index (κ1) is 27.4. The fourth-order valence-corrected chi connectivity index (χ4v) is 4.18. The minimum Gasteiger partial charge on any atom is -0.483 e. The molecule has 2 heterocycles. The summed E-state index contributed by atoms with van der Waals surface area (Å²) in [6, 6.07) is 23.9. The van der Waals surface area contributed by atoms with Crippen LogP contribution in [0.1, 0.15) is 36.6 Å². The van der Waals surface area contributed by atoms with E-state index in [0.717, 1.165) is 11.1 Å². The lowest BCUT2D eigenvalue weighted by molar-refractivity contribution is -0.133. The van der Waals surface area contributed by atoms with E-state index in [-0.39, 0.29) is 18.2 Å². The highest BCUT2D eigenvalue weighted by Gasteiger charge is 2.35. The molecule has 0 aromatic heterocycles. The molecule has 2 bridgehead atoms. The maximum Gasteiger partial charge on any atom is 0.247 e. The Morgan fingerprint density at radius 2 is 1.59 bits per heavy atom. The summed E-state index contributed by atoms with van der Waals surface area (Å²) in [4.78, 5) is 40.1. The summed E-state index contributed by atoms with van der Waals surface area (Å²) in [6.45, 7) is 3.91. The molecule has 0 fully saturated rings. The third-order valence-corrected chi connectivity index (χ3v) is 6.20. The Bertz CT molecular complexity index is 1320. The van der Waals surface area contributed by atoms with Crippen LogP contribution in [-0.4, -0.2) is 29.8 Å². The topological polar surface area (TPSA) is 96.5 Å². The molecule has 3 N–H and O–H groups in total. The Balaban J connectivity index is 1.76. The van der Waals surface area contributed by atoms with Crippen molar-refractivity contribution in [1.82, 2.24) is 16.0 Å². The molecule has 3 atom stereocenters. The predicted molar refractivity (Wildman–Crippen MR) is 151 cm³/mol. The van der Waals surface area contributed by atoms with Crippen molar-refractivity contribution in [1.29, 1.82) is 0 Å². The van der Waals surface area contributed by atoms with Crippen LogP contribution in [0.5, 0.6) is 5.75 Å². The molecule has 0 spiro atoms. The van der Waals surface area contributed by atoms with Gasteiger partial charge in [-0.1, -0.05) is 92.7 Å². The van der Waals surface area contributed by atoms with Crippen molar-refractivity contribution in [3.05, 3.63) is 120 Å². The number of allylic oxidation sites excluding steroid dienone is 1. The zero-order valence-corrected chi connectivity index (χ0v) is 22.0. The van der Waals surface area contributed by atoms with E-state index in [1.54, 1.807) is 30.5 Å². The highest BCUT2D eigenvalue weighted by Crippen LogP contribution is 2.26. The van der Waals surface area contributed by atoms with Gasteiger partial charge in [-0.05, 0) is 46.9 Å². The molecule has 3 amide bonds. The molecular formula is C32H33N3O4. The van der Waals surface area contributed by atoms with Crippen molar-refractivity contribution in [2.24, 2.45) is 5.92 Å². The molecule has 0 aliphatic carbocycles. The van der Waals surface area contributed by atoms with Crippen molar-refractivity contribution in [2.75, 3.05) is 0 Å². The predicted octanol–water partition coefficient (Wildman–Crippen LogP) is 4.33. The van der Waals surface area contributed by atoms with Gasteiger partial charge in [0.15, 0.2) is 6.10 Å². The van der Waals surface area contributed by atoms with Crippen LogP contribution in [0.15, 0.2) is 103 Å². The minimum absolute atomic E-state index is 0.153. The number of carbonyl (C=O) groups is 3. The smallest absolute Gasteiger partial charge is 0.247 e. The van der Waals surface area contributed by atoms with E-state index in [9.17, 15) is 14.4 Å². The Kier molecular flexibility index (Phi) is 9.29. The van der Waals surface area contributed by atoms with Gasteiger partial charge >= 0.3 is 0 Å². The molecule has 5 rings (SSSR count). The first-order valence-corrected chi connectivity index (χ1v) is 13.0. The van der Waals surface area contributed by atoms with E-state index >= 15 is 0 Å². The number of rotatable bonds is 6. The van der Waals surface area contributed by atoms with Crippen LogP contribution in [-0.2, 0) is 20.8 Å². The lowest BCUT2D eigenvalue weighted by Gasteiger charge is -2.30. The van der Waals surface area contributed by atoms with Crippen LogP contribution in [0.2, 0.25) is 0 Å². The van der Waals surface area contributed by atoms with Gasteiger partial charge in [-0.15, -0.1) is 0 Å². The summed E-state index contributed by atoms with van der Waals surface area (Å²) in [5.41, 5.74) is 2.45. The summed E-state index contributed by atoms with van der Waals surface area (Å²) < 4.78 is 6.36. The number of ether oxygens (including phenoxy) is 1. The third-order valence-electron chi connectivity index (χ3n) is 6.20. The van der Waals surface area contributed by atoms with Crippen LogP contribution < -0.4 is 20.7 Å². The van der Waals surface area contributed by atoms with Crippen LogP contribution in [0, 0.1) is 5.92 Å². The van der Waals surface area contributed by atoms with E-state index in [1.165, 1.54) is 6.08 Å². The van der Waals surface area contributed by atoms with Gasteiger partial charge in [-0.2, -0.15) is 0 Å². The summed E-state index contributed by atoms with van der Waals surface area (Å²) in [6.07, 6.45) is 5.90. The summed E-state index contributed by atoms with van der Waals surface area (Å²) in [5.74, 6) is -0.659. The molecular weight excluding hydrogens is 490 g/mol. The Morgan fingerprint density at radius 1 is 0.923 bits per heavy atom. The Labute approximate surface area is 229 Å². The standard InChI is InChI=1S/C32H33N3O4/c1-22(2)13-18-28(36)35-29-30(25-11-7-4-8-12-25)39-26-16-14-23(15-17-26)19-20-33-31(37)27(34-32(29)38)21-24-9-5-3-6-10-24/h3-20,22,27,29-30H,21H2,1-2H3,(H,33,37)(H,34,38)(H,35,36)/b18-13+,20-19+/t27-,29+,30-/m0/s1. The van der Waals surface area contributed by atoms with Crippen LogP contribution in [0.3, 0.4) is 0 Å². The van der Waals surface area contributed by atoms with Gasteiger partial charge in [-0.25, -0.2) is 0 Å². The van der Waals surface area contributed by atoms with E-state index in [4.69, 9.17) is 4.74 Å². The second kappa shape index (κ2) is 13.2. The highest BCUT2D eigenvalue weighted by atomic mass is 16.5. The molecule has 0 saturated carbocycles. The number of hydrogen-bond acceptors (Lipinski definition) is 4. The van der Waals surface area contributed by atoms with E-state index < -0.39 is 30.0 Å². The van der Waals surface area contributed by atoms with Crippen molar-refractivity contribution >= 4 is 23.8 Å². The lowest BCUT2D eigenvalue weighted by atomic mass is 9.99. The van der Waals surface area contributed by atoms with Gasteiger partial charge < -0.3 is 20.7 Å². The summed E-state index contributed by atoms with van der Waals surface area (Å²) in [5, 5.41) is 8.49. The number of hydrogen-bond donors (Lipinski definition) is 3. The Morgan fingerprint density at radius 3 is 2.26 bits per heavy atom. The van der Waals surface area contributed by atoms with E-state index in [2.05, 4.69) is 16.0 Å². The summed E-state index contributed by atoms with van der Waals surface area (Å²) in [7, 11) is 0. The highest BCUT2D eigenvalue weighted by molar-refractivity contribution is 5.95. The van der Waals surface area contributed by atoms with Gasteiger partial charge in [0.05, 0.1) is 0 Å². The maximum absolute atomic E-state index is 13.9. The van der Waals surface area contributed by atoms with Gasteiger partial charge in [0.1, 0.15) is 17.8 Å². The first-order chi connectivity index (χ1) is 18.9. The zero-order valence-electron chi connectivity index (χ0n) is 22.0. The van der Waals surface area contributed by atoms with Gasteiger partial charge in [0, 0.05) is 12.6 Å². The quantitative estimate of drug-likeness (QED) is 0.419. The van der Waals surface area contributed by atoms with Crippen LogP contribution >= 0.6 is 0 Å². The molecule has 200 valence electrons. The molecule has 0 saturated heterocycles. The molecule has 2 aliphatic rings. The Hall–Kier alpha value is -4.65. The monoisotopic (exact) mass is 523 g/mol. The van der Waals surface area contributed by atoms with Crippen LogP contribution in [0.25, 0.3) is 6.08 Å². The number of benzene rings is 3. The zero-order chi connectivity index (χ0) is 27.6. The van der Waals surface area contributed by atoms with Crippen molar-refractivity contribution < 1.29 is 19.1 Å². The van der Waals surface area contributed by atoms with Crippen molar-refractivity contribution in [2.45, 2.75) is 38.5 Å². The van der Waals surface area contributed by atoms with Crippen molar-refractivity contribution in [3.8, 4) is 5.75 Å². The fraction of sp³-hybridized carbons (Fsp3) is 0.219. The van der Waals surface area contributed by atoms with E-state index in [0.29, 0.717) is 11.3 Å². The minimum atomic E-state index is -1.14. The number of nitrogens with one attached hydrogen (secondary N) is 3. The van der Waals surface area contributed by atoms with Crippen molar-refractivity contribution in [3.63, 3.8) is 0 Å².